The molecule has 1 fully saturated rings. The van der Waals surface area contributed by atoms with Crippen molar-refractivity contribution in [1.29, 1.82) is 0 Å². The first-order valence-corrected chi connectivity index (χ1v) is 8.16. The third-order valence-electron chi connectivity index (χ3n) is 3.43. The highest BCUT2D eigenvalue weighted by atomic mass is 35.5. The van der Waals surface area contributed by atoms with Gasteiger partial charge in [0.2, 0.25) is 5.91 Å². The molecule has 0 bridgehead atoms. The number of nitrogens with one attached hydrogen (secondary N) is 2. The lowest BCUT2D eigenvalue weighted by atomic mass is 10.1. The van der Waals surface area contributed by atoms with Gasteiger partial charge in [-0.1, -0.05) is 13.8 Å². The molecule has 0 aromatic rings. The van der Waals surface area contributed by atoms with Crippen LogP contribution in [0.5, 0.6) is 0 Å². The molecule has 20 heavy (non-hydrogen) atoms. The monoisotopic (exact) mass is 345 g/mol. The molecule has 122 valence electrons. The predicted octanol–water partition coefficient (Wildman–Crippen LogP) is 2.12. The second-order valence-electron chi connectivity index (χ2n) is 4.85. The van der Waals surface area contributed by atoms with E-state index in [9.17, 15) is 4.79 Å². The molecule has 1 amide bonds. The molecule has 4 nitrogen and oxygen atoms in total. The van der Waals surface area contributed by atoms with E-state index in [0.717, 1.165) is 44.1 Å². The summed E-state index contributed by atoms with van der Waals surface area (Å²) >= 11 is 1.79. The van der Waals surface area contributed by atoms with Crippen LogP contribution >= 0.6 is 36.6 Å². The average Bonchev–Trinajstić information content (AvgIpc) is 2.88. The van der Waals surface area contributed by atoms with Crippen LogP contribution < -0.4 is 10.6 Å². The average molecular weight is 346 g/mol. The molecular weight excluding hydrogens is 317 g/mol. The van der Waals surface area contributed by atoms with Gasteiger partial charge in [-0.3, -0.25) is 10.1 Å². The van der Waals surface area contributed by atoms with Crippen molar-refractivity contribution >= 4 is 42.5 Å². The standard InChI is InChI=1S/C13H27N3OS.2ClH/c1-4-16(5-2)8-6-7-11(3)15-13(17)12-9-18-10-14-12;;/h11-12,14H,4-10H2,1-3H3,(H,15,17);2*1H. The van der Waals surface area contributed by atoms with Crippen molar-refractivity contribution in [2.75, 3.05) is 31.3 Å². The van der Waals surface area contributed by atoms with Gasteiger partial charge in [-0.05, 0) is 39.4 Å². The molecule has 1 aliphatic rings. The maximum Gasteiger partial charge on any atom is 0.238 e. The molecule has 1 heterocycles. The van der Waals surface area contributed by atoms with E-state index in [1.807, 2.05) is 0 Å². The zero-order valence-corrected chi connectivity index (χ0v) is 15.1. The van der Waals surface area contributed by atoms with Gasteiger partial charge in [0, 0.05) is 17.7 Å². The zero-order chi connectivity index (χ0) is 13.4. The lowest BCUT2D eigenvalue weighted by Crippen LogP contribution is -2.45. The maximum absolute atomic E-state index is 11.9. The smallest absolute Gasteiger partial charge is 0.238 e. The fourth-order valence-corrected chi connectivity index (χ4v) is 3.08. The van der Waals surface area contributed by atoms with E-state index in [1.165, 1.54) is 0 Å². The molecule has 7 heteroatoms. The Kier molecular flexibility index (Phi) is 14.7. The summed E-state index contributed by atoms with van der Waals surface area (Å²) in [6.45, 7) is 9.84. The van der Waals surface area contributed by atoms with Crippen LogP contribution in [0.15, 0.2) is 0 Å². The molecule has 2 unspecified atom stereocenters. The molecule has 2 atom stereocenters. The summed E-state index contributed by atoms with van der Waals surface area (Å²) in [5.74, 6) is 1.96. The molecule has 0 aliphatic carbocycles. The van der Waals surface area contributed by atoms with Crippen LogP contribution in [0.3, 0.4) is 0 Å². The highest BCUT2D eigenvalue weighted by Gasteiger charge is 2.23. The van der Waals surface area contributed by atoms with Gasteiger partial charge in [-0.25, -0.2) is 0 Å². The molecule has 0 saturated carbocycles. The van der Waals surface area contributed by atoms with E-state index in [0.29, 0.717) is 0 Å². The van der Waals surface area contributed by atoms with Gasteiger partial charge >= 0.3 is 0 Å². The summed E-state index contributed by atoms with van der Waals surface area (Å²) in [5.41, 5.74) is 0. The van der Waals surface area contributed by atoms with Crippen LogP contribution in [0.2, 0.25) is 0 Å². The summed E-state index contributed by atoms with van der Waals surface area (Å²) in [7, 11) is 0. The molecule has 2 N–H and O–H groups in total. The highest BCUT2D eigenvalue weighted by molar-refractivity contribution is 7.99. The largest absolute Gasteiger partial charge is 0.352 e. The second kappa shape index (κ2) is 13.0. The minimum Gasteiger partial charge on any atom is -0.352 e. The molecule has 0 aromatic heterocycles. The molecule has 1 rings (SSSR count). The van der Waals surface area contributed by atoms with Crippen molar-refractivity contribution in [3.8, 4) is 0 Å². The van der Waals surface area contributed by atoms with Crippen molar-refractivity contribution in [2.24, 2.45) is 0 Å². The van der Waals surface area contributed by atoms with Gasteiger partial charge in [-0.2, -0.15) is 0 Å². The van der Waals surface area contributed by atoms with Gasteiger partial charge < -0.3 is 10.2 Å². The van der Waals surface area contributed by atoms with Gasteiger partial charge in [0.15, 0.2) is 0 Å². The first-order valence-electron chi connectivity index (χ1n) is 7.01. The van der Waals surface area contributed by atoms with Crippen LogP contribution in [0.4, 0.5) is 0 Å². The molecule has 0 aromatic carbocycles. The quantitative estimate of drug-likeness (QED) is 0.707. The summed E-state index contributed by atoms with van der Waals surface area (Å²) in [6, 6.07) is 0.292. The summed E-state index contributed by atoms with van der Waals surface area (Å²) in [4.78, 5) is 14.3. The summed E-state index contributed by atoms with van der Waals surface area (Å²) in [6.07, 6.45) is 2.21. The SMILES string of the molecule is CCN(CC)CCCC(C)NC(=O)C1CSCN1.Cl.Cl. The summed E-state index contributed by atoms with van der Waals surface area (Å²) in [5, 5.41) is 6.30. The van der Waals surface area contributed by atoms with Crippen LogP contribution in [0.1, 0.15) is 33.6 Å². The Morgan fingerprint density at radius 1 is 1.40 bits per heavy atom. The Morgan fingerprint density at radius 3 is 2.55 bits per heavy atom. The number of carbonyl (C=O) groups excluding carboxylic acids is 1. The van der Waals surface area contributed by atoms with Crippen molar-refractivity contribution in [3.63, 3.8) is 0 Å². The highest BCUT2D eigenvalue weighted by Crippen LogP contribution is 2.10. The van der Waals surface area contributed by atoms with Gasteiger partial charge in [0.1, 0.15) is 0 Å². The van der Waals surface area contributed by atoms with E-state index >= 15 is 0 Å². The maximum atomic E-state index is 11.9. The van der Waals surface area contributed by atoms with Gasteiger partial charge in [-0.15, -0.1) is 36.6 Å². The van der Waals surface area contributed by atoms with E-state index < -0.39 is 0 Å². The molecule has 1 saturated heterocycles. The molecule has 0 spiro atoms. The third-order valence-corrected chi connectivity index (χ3v) is 4.37. The van der Waals surface area contributed by atoms with Gasteiger partial charge in [0.05, 0.1) is 6.04 Å². The number of hydrogen-bond acceptors (Lipinski definition) is 4. The minimum atomic E-state index is 0. The fourth-order valence-electron chi connectivity index (χ4n) is 2.14. The number of halogens is 2. The van der Waals surface area contributed by atoms with Crippen LogP contribution in [0.25, 0.3) is 0 Å². The Labute approximate surface area is 140 Å². The van der Waals surface area contributed by atoms with Crippen LogP contribution in [-0.4, -0.2) is 54.2 Å². The molecular formula is C13H29Cl2N3OS. The fraction of sp³-hybridized carbons (Fsp3) is 0.923. The zero-order valence-electron chi connectivity index (χ0n) is 12.7. The second-order valence-corrected chi connectivity index (χ2v) is 5.88. The number of hydrogen-bond donors (Lipinski definition) is 2. The summed E-state index contributed by atoms with van der Waals surface area (Å²) < 4.78 is 0. The predicted molar refractivity (Wildman–Crippen MR) is 93.4 cm³/mol. The van der Waals surface area contributed by atoms with Gasteiger partial charge in [0.25, 0.3) is 0 Å². The lowest BCUT2D eigenvalue weighted by Gasteiger charge is -2.20. The third kappa shape index (κ3) is 8.57. The normalized spacial score (nSPS) is 19.1. The van der Waals surface area contributed by atoms with E-state index in [4.69, 9.17) is 0 Å². The van der Waals surface area contributed by atoms with E-state index in [-0.39, 0.29) is 42.8 Å². The number of amides is 1. The van der Waals surface area contributed by atoms with E-state index in [2.05, 4.69) is 36.3 Å². The number of rotatable bonds is 8. The van der Waals surface area contributed by atoms with Crippen molar-refractivity contribution in [3.05, 3.63) is 0 Å². The lowest BCUT2D eigenvalue weighted by molar-refractivity contribution is -0.123. The van der Waals surface area contributed by atoms with Crippen molar-refractivity contribution < 1.29 is 4.79 Å². The van der Waals surface area contributed by atoms with E-state index in [1.54, 1.807) is 11.8 Å². The number of thioether (sulfide) groups is 1. The first kappa shape index (κ1) is 22.6. The Hall–Kier alpha value is 0.320. The molecule has 0 radical (unpaired) electrons. The molecule has 1 aliphatic heterocycles. The first-order chi connectivity index (χ1) is 8.67. The van der Waals surface area contributed by atoms with Crippen molar-refractivity contribution in [2.45, 2.75) is 45.7 Å². The van der Waals surface area contributed by atoms with Crippen LogP contribution in [0, 0.1) is 0 Å². The Balaban J connectivity index is 0. The minimum absolute atomic E-state index is 0. The Morgan fingerprint density at radius 2 is 2.05 bits per heavy atom. The Bertz CT molecular complexity index is 250. The topological polar surface area (TPSA) is 44.4 Å². The van der Waals surface area contributed by atoms with Crippen LogP contribution in [-0.2, 0) is 4.79 Å². The number of nitrogens with zero attached hydrogens (tertiary/aromatic N) is 1. The number of carbonyl (C=O) groups is 1. The van der Waals surface area contributed by atoms with Crippen molar-refractivity contribution in [1.82, 2.24) is 15.5 Å².